The van der Waals surface area contributed by atoms with Gasteiger partial charge in [0.15, 0.2) is 0 Å². The average molecular weight is 248 g/mol. The molecule has 0 aliphatic rings. The molecule has 1 rings (SSSR count). The Morgan fingerprint density at radius 1 is 1.53 bits per heavy atom. The van der Waals surface area contributed by atoms with Crippen molar-refractivity contribution in [2.75, 3.05) is 0 Å². The van der Waals surface area contributed by atoms with E-state index in [4.69, 9.17) is 16.4 Å². The van der Waals surface area contributed by atoms with E-state index in [0.29, 0.717) is 9.90 Å². The monoisotopic (exact) mass is 247 g/mol. The minimum Gasteiger partial charge on any atom is -0.268 e. The Morgan fingerprint density at radius 2 is 2.13 bits per heavy atom. The highest BCUT2D eigenvalue weighted by atomic mass is 35.5. The maximum atomic E-state index is 11.6. The molecule has 1 amide bonds. The van der Waals surface area contributed by atoms with Gasteiger partial charge >= 0.3 is 0 Å². The van der Waals surface area contributed by atoms with Crippen LogP contribution in [0.3, 0.4) is 0 Å². The Morgan fingerprint density at radius 3 is 2.53 bits per heavy atom. The molecule has 3 nitrogen and oxygen atoms in total. The van der Waals surface area contributed by atoms with E-state index in [9.17, 15) is 4.79 Å². The number of amides is 1. The lowest BCUT2D eigenvalue weighted by Crippen LogP contribution is -2.33. The van der Waals surface area contributed by atoms with Gasteiger partial charge in [-0.25, -0.2) is 5.48 Å². The van der Waals surface area contributed by atoms with E-state index < -0.39 is 5.60 Å². The second-order valence-corrected chi connectivity index (χ2v) is 5.47. The number of carbonyl (C=O) groups excluding carboxylic acids is 1. The van der Waals surface area contributed by atoms with Gasteiger partial charge in [-0.2, -0.15) is 0 Å². The van der Waals surface area contributed by atoms with Crippen molar-refractivity contribution in [3.8, 4) is 0 Å². The van der Waals surface area contributed by atoms with Crippen molar-refractivity contribution in [2.45, 2.75) is 33.3 Å². The van der Waals surface area contributed by atoms with Gasteiger partial charge in [0, 0.05) is 0 Å². The van der Waals surface area contributed by atoms with Crippen LogP contribution in [0.5, 0.6) is 0 Å². The summed E-state index contributed by atoms with van der Waals surface area (Å²) in [7, 11) is 0. The summed E-state index contributed by atoms with van der Waals surface area (Å²) in [4.78, 5) is 17.3. The van der Waals surface area contributed by atoms with Crippen molar-refractivity contribution in [1.82, 2.24) is 5.48 Å². The summed E-state index contributed by atoms with van der Waals surface area (Å²) in [5.74, 6) is -0.298. The van der Waals surface area contributed by atoms with Gasteiger partial charge in [-0.1, -0.05) is 11.6 Å². The molecule has 0 radical (unpaired) electrons. The zero-order valence-corrected chi connectivity index (χ0v) is 10.8. The Labute approximate surface area is 98.3 Å². The van der Waals surface area contributed by atoms with E-state index >= 15 is 0 Å². The summed E-state index contributed by atoms with van der Waals surface area (Å²) in [6, 6.07) is 0. The molecular formula is C10H14ClNO2S. The third kappa shape index (κ3) is 3.48. The first-order chi connectivity index (χ1) is 6.81. The van der Waals surface area contributed by atoms with Crippen LogP contribution >= 0.6 is 22.9 Å². The molecule has 0 fully saturated rings. The number of halogens is 1. The number of aryl methyl sites for hydroxylation is 1. The van der Waals surface area contributed by atoms with Crippen LogP contribution in [0.15, 0.2) is 5.38 Å². The number of hydrogen-bond donors (Lipinski definition) is 1. The van der Waals surface area contributed by atoms with Crippen LogP contribution in [0, 0.1) is 6.92 Å². The molecule has 1 aromatic heterocycles. The van der Waals surface area contributed by atoms with Gasteiger partial charge in [0.05, 0.1) is 10.6 Å². The molecule has 1 heterocycles. The van der Waals surface area contributed by atoms with Crippen molar-refractivity contribution < 1.29 is 9.63 Å². The number of nitrogens with one attached hydrogen (secondary N) is 1. The lowest BCUT2D eigenvalue weighted by molar-refractivity contribution is -0.0588. The van der Waals surface area contributed by atoms with E-state index in [1.165, 1.54) is 11.3 Å². The molecule has 15 heavy (non-hydrogen) atoms. The van der Waals surface area contributed by atoms with Gasteiger partial charge in [-0.05, 0) is 38.6 Å². The molecule has 5 heteroatoms. The highest BCUT2D eigenvalue weighted by molar-refractivity contribution is 7.13. The fourth-order valence-corrected chi connectivity index (χ4v) is 1.99. The minimum atomic E-state index is -0.408. The average Bonchev–Trinajstić information content (AvgIpc) is 2.43. The third-order valence-electron chi connectivity index (χ3n) is 1.56. The molecule has 0 aliphatic heterocycles. The first kappa shape index (κ1) is 12.5. The lowest BCUT2D eigenvalue weighted by atomic mass is 10.2. The molecule has 0 aliphatic carbocycles. The Hall–Kier alpha value is -0.580. The van der Waals surface area contributed by atoms with Gasteiger partial charge < -0.3 is 0 Å². The molecule has 0 aromatic carbocycles. The SMILES string of the molecule is Cc1csc(C(=O)NOC(C)(C)C)c1Cl. The van der Waals surface area contributed by atoms with Gasteiger partial charge in [-0.15, -0.1) is 11.3 Å². The molecule has 1 N–H and O–H groups in total. The number of hydroxylamine groups is 1. The predicted octanol–water partition coefficient (Wildman–Crippen LogP) is 3.17. The predicted molar refractivity (Wildman–Crippen MR) is 62.4 cm³/mol. The molecule has 0 atom stereocenters. The van der Waals surface area contributed by atoms with Crippen molar-refractivity contribution in [2.24, 2.45) is 0 Å². The van der Waals surface area contributed by atoms with Gasteiger partial charge in [-0.3, -0.25) is 9.63 Å². The first-order valence-electron chi connectivity index (χ1n) is 4.53. The van der Waals surface area contributed by atoms with E-state index in [1.807, 2.05) is 33.1 Å². The number of carbonyl (C=O) groups is 1. The molecule has 0 bridgehead atoms. The van der Waals surface area contributed by atoms with E-state index in [0.717, 1.165) is 5.56 Å². The van der Waals surface area contributed by atoms with Crippen LogP contribution in [0.25, 0.3) is 0 Å². The summed E-state index contributed by atoms with van der Waals surface area (Å²) >= 11 is 7.26. The zero-order chi connectivity index (χ0) is 11.6. The first-order valence-corrected chi connectivity index (χ1v) is 5.79. The summed E-state index contributed by atoms with van der Waals surface area (Å²) in [6.07, 6.45) is 0. The van der Waals surface area contributed by atoms with Crippen LogP contribution in [0.2, 0.25) is 5.02 Å². The van der Waals surface area contributed by atoms with E-state index in [1.54, 1.807) is 0 Å². The van der Waals surface area contributed by atoms with Crippen molar-refractivity contribution in [1.29, 1.82) is 0 Å². The molecule has 0 spiro atoms. The number of hydrogen-bond acceptors (Lipinski definition) is 3. The fraction of sp³-hybridized carbons (Fsp3) is 0.500. The maximum absolute atomic E-state index is 11.6. The Kier molecular flexibility index (Phi) is 3.76. The van der Waals surface area contributed by atoms with Crippen molar-refractivity contribution >= 4 is 28.8 Å². The fourth-order valence-electron chi connectivity index (χ4n) is 0.829. The maximum Gasteiger partial charge on any atom is 0.286 e. The number of rotatable bonds is 2. The highest BCUT2D eigenvalue weighted by Gasteiger charge is 2.17. The summed E-state index contributed by atoms with van der Waals surface area (Å²) in [5, 5.41) is 2.34. The second kappa shape index (κ2) is 4.51. The van der Waals surface area contributed by atoms with E-state index in [-0.39, 0.29) is 5.91 Å². The van der Waals surface area contributed by atoms with Gasteiger partial charge in [0.2, 0.25) is 0 Å². The molecule has 1 aromatic rings. The summed E-state index contributed by atoms with van der Waals surface area (Å²) in [6.45, 7) is 7.43. The van der Waals surface area contributed by atoms with Crippen LogP contribution < -0.4 is 5.48 Å². The largest absolute Gasteiger partial charge is 0.286 e. The van der Waals surface area contributed by atoms with Crippen LogP contribution in [0.1, 0.15) is 36.0 Å². The van der Waals surface area contributed by atoms with Crippen LogP contribution in [-0.2, 0) is 4.84 Å². The van der Waals surface area contributed by atoms with Crippen LogP contribution in [-0.4, -0.2) is 11.5 Å². The molecular weight excluding hydrogens is 234 g/mol. The third-order valence-corrected chi connectivity index (χ3v) is 3.25. The highest BCUT2D eigenvalue weighted by Crippen LogP contribution is 2.26. The quantitative estimate of drug-likeness (QED) is 0.816. The zero-order valence-electron chi connectivity index (χ0n) is 9.18. The summed E-state index contributed by atoms with van der Waals surface area (Å²) in [5.41, 5.74) is 2.88. The molecule has 0 saturated carbocycles. The Balaban J connectivity index is 2.66. The topological polar surface area (TPSA) is 38.3 Å². The Bertz CT molecular complexity index is 368. The van der Waals surface area contributed by atoms with E-state index in [2.05, 4.69) is 5.48 Å². The summed E-state index contributed by atoms with van der Waals surface area (Å²) < 4.78 is 0. The molecule has 84 valence electrons. The van der Waals surface area contributed by atoms with Gasteiger partial charge in [0.1, 0.15) is 4.88 Å². The number of thiophene rings is 1. The lowest BCUT2D eigenvalue weighted by Gasteiger charge is -2.18. The molecule has 0 saturated heterocycles. The van der Waals surface area contributed by atoms with Crippen molar-refractivity contribution in [3.05, 3.63) is 20.8 Å². The normalized spacial score (nSPS) is 11.5. The van der Waals surface area contributed by atoms with Crippen molar-refractivity contribution in [3.63, 3.8) is 0 Å². The standard InChI is InChI=1S/C10H14ClNO2S/c1-6-5-15-8(7(6)11)9(13)12-14-10(2,3)4/h5H,1-4H3,(H,12,13). The van der Waals surface area contributed by atoms with Gasteiger partial charge in [0.25, 0.3) is 5.91 Å². The molecule has 0 unspecified atom stereocenters. The van der Waals surface area contributed by atoms with Crippen LogP contribution in [0.4, 0.5) is 0 Å². The minimum absolute atomic E-state index is 0.298. The second-order valence-electron chi connectivity index (χ2n) is 4.21. The smallest absolute Gasteiger partial charge is 0.268 e.